The van der Waals surface area contributed by atoms with E-state index in [4.69, 9.17) is 16.7 Å². The van der Waals surface area contributed by atoms with Gasteiger partial charge in [0, 0.05) is 12.1 Å². The Bertz CT molecular complexity index is 618. The number of aromatic nitrogens is 2. The highest BCUT2D eigenvalue weighted by Gasteiger charge is 2.17. The molecule has 0 saturated heterocycles. The van der Waals surface area contributed by atoms with Gasteiger partial charge in [-0.3, -0.25) is 4.79 Å². The lowest BCUT2D eigenvalue weighted by Gasteiger charge is -2.24. The van der Waals surface area contributed by atoms with Crippen LogP contribution in [0.2, 0.25) is 5.02 Å². The largest absolute Gasteiger partial charge is 0.481 e. The van der Waals surface area contributed by atoms with Gasteiger partial charge >= 0.3 is 5.97 Å². The fourth-order valence-corrected chi connectivity index (χ4v) is 3.39. The molecule has 5 nitrogen and oxygen atoms in total. The molecule has 8 heteroatoms. The number of halogens is 1. The molecule has 0 aliphatic carbocycles. The van der Waals surface area contributed by atoms with Crippen LogP contribution in [0, 0.1) is 0 Å². The Morgan fingerprint density at radius 1 is 1.43 bits per heavy atom. The Balaban J connectivity index is 2.06. The number of carbonyl (C=O) groups is 1. The van der Waals surface area contributed by atoms with Crippen molar-refractivity contribution >= 4 is 45.8 Å². The third kappa shape index (κ3) is 4.33. The molecule has 2 rings (SSSR count). The van der Waals surface area contributed by atoms with Gasteiger partial charge in [0.1, 0.15) is 0 Å². The number of carboxylic acids is 1. The Kier molecular flexibility index (Phi) is 5.44. The molecule has 0 aliphatic heterocycles. The summed E-state index contributed by atoms with van der Waals surface area (Å²) in [5.74, 6) is -0.870. The van der Waals surface area contributed by atoms with Gasteiger partial charge in [0.15, 0.2) is 4.34 Å². The lowest BCUT2D eigenvalue weighted by molar-refractivity contribution is -0.133. The molecule has 0 spiro atoms. The van der Waals surface area contributed by atoms with Crippen LogP contribution in [0.4, 0.5) is 5.13 Å². The molecule has 1 aromatic heterocycles. The smallest absolute Gasteiger partial charge is 0.313 e. The number of carboxylic acid groups (broad SMARTS) is 1. The molecule has 0 bridgehead atoms. The van der Waals surface area contributed by atoms with Crippen molar-refractivity contribution in [2.24, 2.45) is 0 Å². The normalized spacial score (nSPS) is 12.1. The number of thioether (sulfide) groups is 1. The summed E-state index contributed by atoms with van der Waals surface area (Å²) < 4.78 is 0.655. The van der Waals surface area contributed by atoms with E-state index in [1.807, 2.05) is 36.2 Å². The molecule has 112 valence electrons. The van der Waals surface area contributed by atoms with E-state index < -0.39 is 5.97 Å². The minimum absolute atomic E-state index is 0.00884. The predicted molar refractivity (Wildman–Crippen MR) is 86.5 cm³/mol. The third-order valence-electron chi connectivity index (χ3n) is 2.95. The molecule has 1 N–H and O–H groups in total. The van der Waals surface area contributed by atoms with Gasteiger partial charge in [-0.25, -0.2) is 0 Å². The van der Waals surface area contributed by atoms with Gasteiger partial charge in [-0.05, 0) is 24.6 Å². The van der Waals surface area contributed by atoms with Crippen molar-refractivity contribution in [1.29, 1.82) is 0 Å². The minimum atomic E-state index is -0.861. The molecule has 2 aromatic rings. The number of benzene rings is 1. The van der Waals surface area contributed by atoms with Crippen LogP contribution in [-0.2, 0) is 4.79 Å². The van der Waals surface area contributed by atoms with Crippen molar-refractivity contribution in [3.8, 4) is 0 Å². The topological polar surface area (TPSA) is 66.3 Å². The molecule has 0 fully saturated rings. The highest BCUT2D eigenvalue weighted by Crippen LogP contribution is 2.32. The summed E-state index contributed by atoms with van der Waals surface area (Å²) in [5, 5.41) is 18.2. The second-order valence-corrected chi connectivity index (χ2v) is 6.99. The zero-order valence-electron chi connectivity index (χ0n) is 11.5. The van der Waals surface area contributed by atoms with Crippen LogP contribution in [0.25, 0.3) is 0 Å². The summed E-state index contributed by atoms with van der Waals surface area (Å²) in [6.45, 7) is 2.06. The van der Waals surface area contributed by atoms with Gasteiger partial charge in [0.2, 0.25) is 5.13 Å². The lowest BCUT2D eigenvalue weighted by Crippen LogP contribution is -2.21. The third-order valence-corrected chi connectivity index (χ3v) is 5.33. The average molecular weight is 344 g/mol. The highest BCUT2D eigenvalue weighted by molar-refractivity contribution is 8.01. The summed E-state index contributed by atoms with van der Waals surface area (Å²) in [4.78, 5) is 12.6. The molecule has 1 atom stereocenters. The molecule has 0 radical (unpaired) electrons. The number of aliphatic carboxylic acids is 1. The quantitative estimate of drug-likeness (QED) is 0.809. The summed E-state index contributed by atoms with van der Waals surface area (Å²) in [6.07, 6.45) is 0. The van der Waals surface area contributed by atoms with Crippen molar-refractivity contribution in [3.63, 3.8) is 0 Å². The van der Waals surface area contributed by atoms with E-state index in [1.54, 1.807) is 0 Å². The zero-order valence-corrected chi connectivity index (χ0v) is 13.9. The molecular formula is C13H14ClN3O2S2. The van der Waals surface area contributed by atoms with E-state index in [2.05, 4.69) is 17.1 Å². The van der Waals surface area contributed by atoms with Gasteiger partial charge in [-0.1, -0.05) is 46.8 Å². The standard InChI is InChI=1S/C13H14ClN3O2S2/c1-8(9-3-5-10(14)6-4-9)17(2)12-15-16-13(21-12)20-7-11(18)19/h3-6,8H,7H2,1-2H3,(H,18,19). The first-order valence-electron chi connectivity index (χ1n) is 6.13. The minimum Gasteiger partial charge on any atom is -0.481 e. The first kappa shape index (κ1) is 16.1. The molecule has 1 aromatic carbocycles. The summed E-state index contributed by atoms with van der Waals surface area (Å²) in [7, 11) is 1.94. The molecule has 0 saturated carbocycles. The zero-order chi connectivity index (χ0) is 15.4. The van der Waals surface area contributed by atoms with Crippen molar-refractivity contribution in [3.05, 3.63) is 34.9 Å². The van der Waals surface area contributed by atoms with Crippen molar-refractivity contribution in [2.45, 2.75) is 17.3 Å². The van der Waals surface area contributed by atoms with E-state index in [0.717, 1.165) is 10.7 Å². The molecule has 1 unspecified atom stereocenters. The van der Waals surface area contributed by atoms with Crippen LogP contribution in [0.15, 0.2) is 28.6 Å². The van der Waals surface area contributed by atoms with E-state index in [0.29, 0.717) is 9.36 Å². The van der Waals surface area contributed by atoms with Crippen molar-refractivity contribution in [1.82, 2.24) is 10.2 Å². The van der Waals surface area contributed by atoms with Crippen LogP contribution in [0.5, 0.6) is 0 Å². The van der Waals surface area contributed by atoms with Crippen LogP contribution < -0.4 is 4.90 Å². The van der Waals surface area contributed by atoms with Gasteiger partial charge < -0.3 is 10.0 Å². The van der Waals surface area contributed by atoms with Gasteiger partial charge in [0.05, 0.1) is 11.8 Å². The van der Waals surface area contributed by atoms with E-state index in [-0.39, 0.29) is 11.8 Å². The molecule has 1 heterocycles. The molecule has 0 amide bonds. The lowest BCUT2D eigenvalue weighted by atomic mass is 10.1. The maximum absolute atomic E-state index is 10.5. The number of anilines is 1. The van der Waals surface area contributed by atoms with Crippen molar-refractivity contribution < 1.29 is 9.90 Å². The SMILES string of the molecule is CC(c1ccc(Cl)cc1)N(C)c1nnc(SCC(=O)O)s1. The number of rotatable bonds is 6. The maximum Gasteiger partial charge on any atom is 0.313 e. The van der Waals surface area contributed by atoms with Gasteiger partial charge in [-0.15, -0.1) is 10.2 Å². The monoisotopic (exact) mass is 343 g/mol. The number of hydrogen-bond acceptors (Lipinski definition) is 6. The summed E-state index contributed by atoms with van der Waals surface area (Å²) in [6, 6.07) is 7.78. The fourth-order valence-electron chi connectivity index (χ4n) is 1.66. The van der Waals surface area contributed by atoms with E-state index in [9.17, 15) is 4.79 Å². The van der Waals surface area contributed by atoms with E-state index in [1.165, 1.54) is 23.1 Å². The fraction of sp³-hybridized carbons (Fsp3) is 0.308. The second kappa shape index (κ2) is 7.11. The van der Waals surface area contributed by atoms with Crippen molar-refractivity contribution in [2.75, 3.05) is 17.7 Å². The molecule has 21 heavy (non-hydrogen) atoms. The highest BCUT2D eigenvalue weighted by atomic mass is 35.5. The van der Waals surface area contributed by atoms with Gasteiger partial charge in [0.25, 0.3) is 0 Å². The average Bonchev–Trinajstić information content (AvgIpc) is 2.93. The predicted octanol–water partition coefficient (Wildman–Crippen LogP) is 3.57. The summed E-state index contributed by atoms with van der Waals surface area (Å²) in [5.41, 5.74) is 1.12. The van der Waals surface area contributed by atoms with Gasteiger partial charge in [-0.2, -0.15) is 0 Å². The first-order valence-corrected chi connectivity index (χ1v) is 8.31. The van der Waals surface area contributed by atoms with Crippen LogP contribution >= 0.6 is 34.7 Å². The Morgan fingerprint density at radius 2 is 2.10 bits per heavy atom. The first-order chi connectivity index (χ1) is 9.97. The second-order valence-electron chi connectivity index (χ2n) is 4.37. The van der Waals surface area contributed by atoms with Crippen LogP contribution in [-0.4, -0.2) is 34.1 Å². The Morgan fingerprint density at radius 3 is 2.71 bits per heavy atom. The number of hydrogen-bond donors (Lipinski definition) is 1. The number of nitrogens with zero attached hydrogens (tertiary/aromatic N) is 3. The Labute approximate surface area is 136 Å². The summed E-state index contributed by atoms with van der Waals surface area (Å²) >= 11 is 8.46. The van der Waals surface area contributed by atoms with E-state index >= 15 is 0 Å². The maximum atomic E-state index is 10.5. The molecular weight excluding hydrogens is 330 g/mol. The Hall–Kier alpha value is -1.31. The van der Waals surface area contributed by atoms with Crippen LogP contribution in [0.3, 0.4) is 0 Å². The molecule has 0 aliphatic rings. The van der Waals surface area contributed by atoms with Crippen LogP contribution in [0.1, 0.15) is 18.5 Å².